The van der Waals surface area contributed by atoms with Gasteiger partial charge in [-0.05, 0) is 38.0 Å². The topological polar surface area (TPSA) is 67.2 Å². The number of anilines is 1. The zero-order valence-electron chi connectivity index (χ0n) is 12.8. The molecule has 112 valence electrons. The van der Waals surface area contributed by atoms with E-state index in [1.54, 1.807) is 0 Å². The number of carbonyl (C=O) groups is 1. The highest BCUT2D eigenvalue weighted by atomic mass is 16.1. The summed E-state index contributed by atoms with van der Waals surface area (Å²) in [5, 5.41) is 3.03. The number of rotatable bonds is 8. The first-order valence-corrected chi connectivity index (χ1v) is 7.46. The van der Waals surface area contributed by atoms with Gasteiger partial charge in [-0.3, -0.25) is 10.6 Å². The van der Waals surface area contributed by atoms with Gasteiger partial charge in [-0.25, -0.2) is 0 Å². The molecule has 0 aromatic heterocycles. The van der Waals surface area contributed by atoms with Gasteiger partial charge < -0.3 is 10.7 Å². The Kier molecular flexibility index (Phi) is 7.09. The number of nitrogen functional groups attached to an aromatic ring is 1. The molecule has 4 nitrogen and oxygen atoms in total. The van der Waals surface area contributed by atoms with Gasteiger partial charge in [0, 0.05) is 6.04 Å². The number of unbranched alkanes of at least 4 members (excludes halogenated alkanes) is 3. The van der Waals surface area contributed by atoms with E-state index in [2.05, 4.69) is 17.7 Å². The van der Waals surface area contributed by atoms with Crippen LogP contribution in [-0.2, 0) is 0 Å². The largest absolute Gasteiger partial charge is 0.350 e. The Morgan fingerprint density at radius 1 is 1.30 bits per heavy atom. The fourth-order valence-electron chi connectivity index (χ4n) is 2.23. The molecule has 4 heteroatoms. The predicted octanol–water partition coefficient (Wildman–Crippen LogP) is 3.37. The van der Waals surface area contributed by atoms with Gasteiger partial charge in [-0.2, -0.15) is 0 Å². The molecule has 0 saturated carbocycles. The third-order valence-corrected chi connectivity index (χ3v) is 3.44. The minimum absolute atomic E-state index is 0.0686. The Hall–Kier alpha value is -1.55. The Bertz CT molecular complexity index is 432. The van der Waals surface area contributed by atoms with Crippen LogP contribution in [0.15, 0.2) is 18.2 Å². The molecule has 0 bridgehead atoms. The third kappa shape index (κ3) is 5.21. The molecular weight excluding hydrogens is 250 g/mol. The maximum atomic E-state index is 12.2. The van der Waals surface area contributed by atoms with Gasteiger partial charge in [0.15, 0.2) is 0 Å². The molecule has 1 atom stereocenters. The summed E-state index contributed by atoms with van der Waals surface area (Å²) >= 11 is 0. The highest BCUT2D eigenvalue weighted by Crippen LogP contribution is 2.17. The molecule has 0 saturated heterocycles. The van der Waals surface area contributed by atoms with Crippen LogP contribution in [0.3, 0.4) is 0 Å². The van der Waals surface area contributed by atoms with Crippen LogP contribution in [0.1, 0.15) is 61.9 Å². The van der Waals surface area contributed by atoms with Gasteiger partial charge in [0.05, 0.1) is 11.3 Å². The van der Waals surface area contributed by atoms with Crippen LogP contribution in [0, 0.1) is 6.92 Å². The number of hydrogen-bond donors (Lipinski definition) is 3. The highest BCUT2D eigenvalue weighted by Gasteiger charge is 2.13. The van der Waals surface area contributed by atoms with Crippen molar-refractivity contribution in [3.8, 4) is 0 Å². The van der Waals surface area contributed by atoms with Crippen LogP contribution in [0.25, 0.3) is 0 Å². The van der Waals surface area contributed by atoms with E-state index in [-0.39, 0.29) is 11.9 Å². The zero-order chi connectivity index (χ0) is 15.0. The maximum Gasteiger partial charge on any atom is 0.253 e. The number of hydrazine groups is 1. The van der Waals surface area contributed by atoms with E-state index in [0.29, 0.717) is 11.3 Å². The van der Waals surface area contributed by atoms with Crippen LogP contribution >= 0.6 is 0 Å². The molecule has 1 rings (SSSR count). The van der Waals surface area contributed by atoms with Crippen molar-refractivity contribution in [3.05, 3.63) is 29.3 Å². The quantitative estimate of drug-likeness (QED) is 0.388. The number of benzene rings is 1. The molecule has 4 N–H and O–H groups in total. The summed E-state index contributed by atoms with van der Waals surface area (Å²) in [7, 11) is 0. The van der Waals surface area contributed by atoms with E-state index < -0.39 is 0 Å². The van der Waals surface area contributed by atoms with Gasteiger partial charge in [0.1, 0.15) is 0 Å². The van der Waals surface area contributed by atoms with Crippen molar-refractivity contribution in [3.63, 3.8) is 0 Å². The minimum atomic E-state index is -0.0686. The van der Waals surface area contributed by atoms with Crippen molar-refractivity contribution >= 4 is 11.6 Å². The molecule has 0 fully saturated rings. The molecule has 1 aromatic carbocycles. The highest BCUT2D eigenvalue weighted by molar-refractivity contribution is 5.99. The van der Waals surface area contributed by atoms with Gasteiger partial charge in [0.2, 0.25) is 0 Å². The Balaban J connectivity index is 2.53. The molecule has 1 amide bonds. The Morgan fingerprint density at radius 2 is 2.05 bits per heavy atom. The van der Waals surface area contributed by atoms with Crippen molar-refractivity contribution in [2.75, 3.05) is 5.43 Å². The SMILES string of the molecule is CCCCCCC(C)NC(=O)c1ccc(C)cc1NN. The van der Waals surface area contributed by atoms with Crippen LogP contribution in [0.5, 0.6) is 0 Å². The average molecular weight is 277 g/mol. The summed E-state index contributed by atoms with van der Waals surface area (Å²) in [4.78, 5) is 12.2. The second-order valence-corrected chi connectivity index (χ2v) is 5.42. The average Bonchev–Trinajstić information content (AvgIpc) is 2.43. The maximum absolute atomic E-state index is 12.2. The first-order chi connectivity index (χ1) is 9.58. The lowest BCUT2D eigenvalue weighted by Gasteiger charge is -2.15. The fraction of sp³-hybridized carbons (Fsp3) is 0.562. The van der Waals surface area contributed by atoms with Crippen molar-refractivity contribution in [2.45, 2.75) is 58.9 Å². The predicted molar refractivity (Wildman–Crippen MR) is 84.7 cm³/mol. The number of aryl methyl sites for hydroxylation is 1. The fourth-order valence-corrected chi connectivity index (χ4v) is 2.23. The van der Waals surface area contributed by atoms with Gasteiger partial charge in [-0.1, -0.05) is 38.7 Å². The van der Waals surface area contributed by atoms with E-state index in [1.165, 1.54) is 19.3 Å². The molecule has 1 unspecified atom stereocenters. The molecule has 0 heterocycles. The molecule has 0 aliphatic rings. The summed E-state index contributed by atoms with van der Waals surface area (Å²) in [6.07, 6.45) is 5.90. The van der Waals surface area contributed by atoms with E-state index >= 15 is 0 Å². The lowest BCUT2D eigenvalue weighted by atomic mass is 10.1. The van der Waals surface area contributed by atoms with E-state index in [0.717, 1.165) is 18.4 Å². The van der Waals surface area contributed by atoms with Gasteiger partial charge in [0.25, 0.3) is 5.91 Å². The number of carbonyl (C=O) groups excluding carboxylic acids is 1. The van der Waals surface area contributed by atoms with E-state index in [4.69, 9.17) is 5.84 Å². The van der Waals surface area contributed by atoms with Gasteiger partial charge >= 0.3 is 0 Å². The summed E-state index contributed by atoms with van der Waals surface area (Å²) in [5.74, 6) is 5.40. The van der Waals surface area contributed by atoms with E-state index in [1.807, 2.05) is 32.0 Å². The Labute approximate surface area is 122 Å². The van der Waals surface area contributed by atoms with Crippen molar-refractivity contribution < 1.29 is 4.79 Å². The van der Waals surface area contributed by atoms with Crippen LogP contribution in [-0.4, -0.2) is 11.9 Å². The lowest BCUT2D eigenvalue weighted by Crippen LogP contribution is -2.33. The number of nitrogens with two attached hydrogens (primary N) is 1. The first kappa shape index (κ1) is 16.5. The summed E-state index contributed by atoms with van der Waals surface area (Å²) in [6.45, 7) is 6.22. The smallest absolute Gasteiger partial charge is 0.253 e. The molecule has 1 aromatic rings. The van der Waals surface area contributed by atoms with Gasteiger partial charge in [-0.15, -0.1) is 0 Å². The standard InChI is InChI=1S/C16H27N3O/c1-4-5-6-7-8-13(3)18-16(20)14-10-9-12(2)11-15(14)19-17/h9-11,13,19H,4-8,17H2,1-3H3,(H,18,20). The van der Waals surface area contributed by atoms with Crippen molar-refractivity contribution in [2.24, 2.45) is 5.84 Å². The molecule has 0 spiro atoms. The third-order valence-electron chi connectivity index (χ3n) is 3.44. The second kappa shape index (κ2) is 8.59. The summed E-state index contributed by atoms with van der Waals surface area (Å²) in [5.41, 5.74) is 4.92. The van der Waals surface area contributed by atoms with Crippen molar-refractivity contribution in [1.82, 2.24) is 5.32 Å². The zero-order valence-corrected chi connectivity index (χ0v) is 12.8. The van der Waals surface area contributed by atoms with Crippen LogP contribution in [0.4, 0.5) is 5.69 Å². The molecule has 0 aliphatic heterocycles. The molecule has 0 radical (unpaired) electrons. The molecular formula is C16H27N3O. The number of hydrogen-bond acceptors (Lipinski definition) is 3. The van der Waals surface area contributed by atoms with Crippen LogP contribution < -0.4 is 16.6 Å². The Morgan fingerprint density at radius 3 is 2.70 bits per heavy atom. The molecule has 20 heavy (non-hydrogen) atoms. The van der Waals surface area contributed by atoms with Crippen LogP contribution in [0.2, 0.25) is 0 Å². The monoisotopic (exact) mass is 277 g/mol. The van der Waals surface area contributed by atoms with E-state index in [9.17, 15) is 4.79 Å². The second-order valence-electron chi connectivity index (χ2n) is 5.42. The summed E-state index contributed by atoms with van der Waals surface area (Å²) in [6, 6.07) is 5.79. The van der Waals surface area contributed by atoms with Crippen molar-refractivity contribution in [1.29, 1.82) is 0 Å². The minimum Gasteiger partial charge on any atom is -0.350 e. The number of amides is 1. The summed E-state index contributed by atoms with van der Waals surface area (Å²) < 4.78 is 0. The number of nitrogens with one attached hydrogen (secondary N) is 2. The normalized spacial score (nSPS) is 12.0. The lowest BCUT2D eigenvalue weighted by molar-refractivity contribution is 0.0938. The first-order valence-electron chi connectivity index (χ1n) is 7.46. The molecule has 0 aliphatic carbocycles.